The highest BCUT2D eigenvalue weighted by molar-refractivity contribution is 7.09. The molecular formula is C15H21N3S. The van der Waals surface area contributed by atoms with Crippen molar-refractivity contribution >= 4 is 17.0 Å². The number of anilines is 1. The van der Waals surface area contributed by atoms with Crippen LogP contribution < -0.4 is 5.73 Å². The van der Waals surface area contributed by atoms with E-state index in [1.807, 2.05) is 25.1 Å². The van der Waals surface area contributed by atoms with Crippen molar-refractivity contribution in [3.63, 3.8) is 0 Å². The second-order valence-corrected chi connectivity index (χ2v) is 6.16. The van der Waals surface area contributed by atoms with Crippen molar-refractivity contribution in [3.05, 3.63) is 45.9 Å². The second-order valence-electron chi connectivity index (χ2n) is 5.10. The summed E-state index contributed by atoms with van der Waals surface area (Å²) in [6.07, 6.45) is 0. The fourth-order valence-electron chi connectivity index (χ4n) is 2.04. The van der Waals surface area contributed by atoms with Gasteiger partial charge in [0.2, 0.25) is 0 Å². The quantitative estimate of drug-likeness (QED) is 0.850. The number of rotatable bonds is 5. The van der Waals surface area contributed by atoms with Crippen LogP contribution in [-0.2, 0) is 13.1 Å². The molecule has 0 unspecified atom stereocenters. The molecule has 2 N–H and O–H groups in total. The first kappa shape index (κ1) is 14.0. The Morgan fingerprint density at radius 2 is 2.11 bits per heavy atom. The fourth-order valence-corrected chi connectivity index (χ4v) is 2.64. The van der Waals surface area contributed by atoms with E-state index in [2.05, 4.69) is 35.2 Å². The van der Waals surface area contributed by atoms with Crippen LogP contribution >= 0.6 is 11.3 Å². The van der Waals surface area contributed by atoms with Gasteiger partial charge in [-0.3, -0.25) is 4.90 Å². The normalized spacial score (nSPS) is 11.4. The first-order chi connectivity index (χ1) is 9.04. The Bertz CT molecular complexity index is 534. The smallest absolute Gasteiger partial charge is 0.0897 e. The van der Waals surface area contributed by atoms with E-state index in [4.69, 9.17) is 5.73 Å². The Labute approximate surface area is 119 Å². The number of hydrogen-bond donors (Lipinski definition) is 1. The van der Waals surface area contributed by atoms with E-state index in [0.717, 1.165) is 29.5 Å². The SMILES string of the molecule is Cc1nc(CN(Cc2cccc(N)c2)C(C)C)cs1. The molecule has 2 rings (SSSR count). The lowest BCUT2D eigenvalue weighted by molar-refractivity contribution is 0.201. The van der Waals surface area contributed by atoms with E-state index >= 15 is 0 Å². The van der Waals surface area contributed by atoms with Crippen LogP contribution in [0.15, 0.2) is 29.6 Å². The summed E-state index contributed by atoms with van der Waals surface area (Å²) in [6, 6.07) is 8.58. The summed E-state index contributed by atoms with van der Waals surface area (Å²) < 4.78 is 0. The zero-order valence-electron chi connectivity index (χ0n) is 11.8. The number of nitrogens with two attached hydrogens (primary N) is 1. The maximum atomic E-state index is 5.84. The Kier molecular flexibility index (Phi) is 4.56. The van der Waals surface area contributed by atoms with Gasteiger partial charge in [0, 0.05) is 30.2 Å². The van der Waals surface area contributed by atoms with Crippen molar-refractivity contribution in [3.8, 4) is 0 Å². The molecule has 102 valence electrons. The molecule has 1 heterocycles. The molecule has 3 nitrogen and oxygen atoms in total. The molecule has 0 atom stereocenters. The van der Waals surface area contributed by atoms with Crippen LogP contribution in [-0.4, -0.2) is 15.9 Å². The van der Waals surface area contributed by atoms with Gasteiger partial charge in [-0.05, 0) is 38.5 Å². The van der Waals surface area contributed by atoms with Crippen LogP contribution in [0.3, 0.4) is 0 Å². The maximum Gasteiger partial charge on any atom is 0.0897 e. The minimum absolute atomic E-state index is 0.475. The van der Waals surface area contributed by atoms with Gasteiger partial charge in [-0.1, -0.05) is 12.1 Å². The summed E-state index contributed by atoms with van der Waals surface area (Å²) in [6.45, 7) is 8.26. The zero-order chi connectivity index (χ0) is 13.8. The molecule has 0 bridgehead atoms. The van der Waals surface area contributed by atoms with Gasteiger partial charge in [0.1, 0.15) is 0 Å². The lowest BCUT2D eigenvalue weighted by atomic mass is 10.1. The van der Waals surface area contributed by atoms with E-state index in [9.17, 15) is 0 Å². The van der Waals surface area contributed by atoms with E-state index in [1.54, 1.807) is 11.3 Å². The van der Waals surface area contributed by atoms with Gasteiger partial charge < -0.3 is 5.73 Å². The summed E-state index contributed by atoms with van der Waals surface area (Å²) in [4.78, 5) is 6.95. The number of nitrogens with zero attached hydrogens (tertiary/aromatic N) is 2. The van der Waals surface area contributed by atoms with Crippen molar-refractivity contribution in [1.29, 1.82) is 0 Å². The highest BCUT2D eigenvalue weighted by Crippen LogP contribution is 2.16. The van der Waals surface area contributed by atoms with Crippen LogP contribution in [0, 0.1) is 6.92 Å². The molecule has 0 amide bonds. The van der Waals surface area contributed by atoms with Gasteiger partial charge in [0.25, 0.3) is 0 Å². The molecule has 0 saturated heterocycles. The topological polar surface area (TPSA) is 42.2 Å². The molecule has 0 radical (unpaired) electrons. The van der Waals surface area contributed by atoms with Gasteiger partial charge in [-0.15, -0.1) is 11.3 Å². The van der Waals surface area contributed by atoms with E-state index in [-0.39, 0.29) is 0 Å². The van der Waals surface area contributed by atoms with Gasteiger partial charge in [0.15, 0.2) is 0 Å². The van der Waals surface area contributed by atoms with Crippen molar-refractivity contribution in [2.24, 2.45) is 0 Å². The number of aryl methyl sites for hydroxylation is 1. The molecule has 19 heavy (non-hydrogen) atoms. The molecule has 0 fully saturated rings. The highest BCUT2D eigenvalue weighted by Gasteiger charge is 2.12. The van der Waals surface area contributed by atoms with E-state index < -0.39 is 0 Å². The number of nitrogen functional groups attached to an aromatic ring is 1. The lowest BCUT2D eigenvalue weighted by Crippen LogP contribution is -2.30. The predicted molar refractivity (Wildman–Crippen MR) is 82.1 cm³/mol. The van der Waals surface area contributed by atoms with Crippen molar-refractivity contribution in [2.75, 3.05) is 5.73 Å². The summed E-state index contributed by atoms with van der Waals surface area (Å²) in [7, 11) is 0. The zero-order valence-corrected chi connectivity index (χ0v) is 12.6. The largest absolute Gasteiger partial charge is 0.399 e. The molecule has 0 spiro atoms. The van der Waals surface area contributed by atoms with Crippen LogP contribution in [0.2, 0.25) is 0 Å². The molecular weight excluding hydrogens is 254 g/mol. The van der Waals surface area contributed by atoms with Crippen molar-refractivity contribution in [2.45, 2.75) is 39.9 Å². The summed E-state index contributed by atoms with van der Waals surface area (Å²) in [5.74, 6) is 0. The molecule has 0 saturated carbocycles. The first-order valence-corrected chi connectivity index (χ1v) is 7.42. The minimum Gasteiger partial charge on any atom is -0.399 e. The third-order valence-electron chi connectivity index (χ3n) is 3.10. The molecule has 0 aliphatic heterocycles. The third-order valence-corrected chi connectivity index (χ3v) is 3.92. The monoisotopic (exact) mass is 275 g/mol. The average molecular weight is 275 g/mol. The number of benzene rings is 1. The third kappa shape index (κ3) is 4.04. The molecule has 1 aromatic carbocycles. The van der Waals surface area contributed by atoms with Gasteiger partial charge >= 0.3 is 0 Å². The van der Waals surface area contributed by atoms with Crippen LogP contribution in [0.25, 0.3) is 0 Å². The van der Waals surface area contributed by atoms with E-state index in [1.165, 1.54) is 5.56 Å². The number of aromatic nitrogens is 1. The van der Waals surface area contributed by atoms with E-state index in [0.29, 0.717) is 6.04 Å². The molecule has 0 aliphatic rings. The first-order valence-electron chi connectivity index (χ1n) is 6.54. The minimum atomic E-state index is 0.475. The Morgan fingerprint density at radius 3 is 2.68 bits per heavy atom. The van der Waals surface area contributed by atoms with Crippen molar-refractivity contribution < 1.29 is 0 Å². The number of thiazole rings is 1. The second kappa shape index (κ2) is 6.17. The van der Waals surface area contributed by atoms with Crippen LogP contribution in [0.1, 0.15) is 30.1 Å². The Hall–Kier alpha value is -1.39. The molecule has 1 aromatic heterocycles. The van der Waals surface area contributed by atoms with Gasteiger partial charge in [-0.25, -0.2) is 4.98 Å². The summed E-state index contributed by atoms with van der Waals surface area (Å²) in [5.41, 5.74) is 9.07. The Morgan fingerprint density at radius 1 is 1.32 bits per heavy atom. The summed E-state index contributed by atoms with van der Waals surface area (Å²) >= 11 is 1.71. The van der Waals surface area contributed by atoms with Crippen LogP contribution in [0.5, 0.6) is 0 Å². The fraction of sp³-hybridized carbons (Fsp3) is 0.400. The average Bonchev–Trinajstić information content (AvgIpc) is 2.74. The lowest BCUT2D eigenvalue weighted by Gasteiger charge is -2.25. The molecule has 0 aliphatic carbocycles. The standard InChI is InChI=1S/C15H21N3S/c1-11(2)18(9-15-10-19-12(3)17-15)8-13-5-4-6-14(16)7-13/h4-7,10-11H,8-9,16H2,1-3H3. The van der Waals surface area contributed by atoms with Gasteiger partial charge in [-0.2, -0.15) is 0 Å². The molecule has 4 heteroatoms. The Balaban J connectivity index is 2.08. The predicted octanol–water partition coefficient (Wildman–Crippen LogP) is 3.44. The number of hydrogen-bond acceptors (Lipinski definition) is 4. The highest BCUT2D eigenvalue weighted by atomic mass is 32.1. The summed E-state index contributed by atoms with van der Waals surface area (Å²) in [5, 5.41) is 3.27. The maximum absolute atomic E-state index is 5.84. The van der Waals surface area contributed by atoms with Crippen molar-refractivity contribution in [1.82, 2.24) is 9.88 Å². The van der Waals surface area contributed by atoms with Crippen LogP contribution in [0.4, 0.5) is 5.69 Å². The van der Waals surface area contributed by atoms with Gasteiger partial charge in [0.05, 0.1) is 10.7 Å². The molecule has 2 aromatic rings.